The third kappa shape index (κ3) is 2.96. The van der Waals surface area contributed by atoms with Crippen LogP contribution < -0.4 is 10.1 Å². The van der Waals surface area contributed by atoms with Gasteiger partial charge in [-0.1, -0.05) is 13.8 Å². The van der Waals surface area contributed by atoms with E-state index >= 15 is 0 Å². The molecule has 0 spiro atoms. The van der Waals surface area contributed by atoms with Gasteiger partial charge in [0.05, 0.1) is 13.2 Å². The summed E-state index contributed by atoms with van der Waals surface area (Å²) in [6, 6.07) is 4.52. The predicted octanol–water partition coefficient (Wildman–Crippen LogP) is 2.77. The molecule has 0 amide bonds. The molecule has 0 aromatic carbocycles. The van der Waals surface area contributed by atoms with Crippen molar-refractivity contribution < 1.29 is 9.47 Å². The fourth-order valence-electron chi connectivity index (χ4n) is 2.98. The minimum absolute atomic E-state index is 0.243. The van der Waals surface area contributed by atoms with Crippen molar-refractivity contribution in [2.45, 2.75) is 52.3 Å². The third-order valence-corrected chi connectivity index (χ3v) is 4.67. The molecule has 1 N–H and O–H groups in total. The molecule has 0 saturated heterocycles. The molecule has 0 bridgehead atoms. The topological polar surface area (TPSA) is 43.4 Å². The Morgan fingerprint density at radius 1 is 1.45 bits per heavy atom. The van der Waals surface area contributed by atoms with E-state index in [2.05, 4.69) is 31.1 Å². The van der Waals surface area contributed by atoms with Crippen molar-refractivity contribution in [1.82, 2.24) is 10.3 Å². The molecule has 1 aliphatic carbocycles. The maximum Gasteiger partial charge on any atom is 0.213 e. The van der Waals surface area contributed by atoms with Crippen molar-refractivity contribution in [2.24, 2.45) is 5.41 Å². The van der Waals surface area contributed by atoms with E-state index in [0.717, 1.165) is 26.0 Å². The zero-order valence-corrected chi connectivity index (χ0v) is 13.0. The summed E-state index contributed by atoms with van der Waals surface area (Å²) in [6.45, 7) is 8.28. The summed E-state index contributed by atoms with van der Waals surface area (Å²) in [5.41, 5.74) is 1.45. The van der Waals surface area contributed by atoms with E-state index in [1.165, 1.54) is 5.56 Å². The van der Waals surface area contributed by atoms with Gasteiger partial charge >= 0.3 is 0 Å². The van der Waals surface area contributed by atoms with Crippen molar-refractivity contribution in [2.75, 3.05) is 13.7 Å². The Hall–Kier alpha value is -1.13. The molecule has 1 fully saturated rings. The van der Waals surface area contributed by atoms with Gasteiger partial charge in [-0.05, 0) is 31.4 Å². The highest BCUT2D eigenvalue weighted by molar-refractivity contribution is 5.20. The van der Waals surface area contributed by atoms with Crippen molar-refractivity contribution in [3.05, 3.63) is 23.9 Å². The smallest absolute Gasteiger partial charge is 0.213 e. The standard InChI is InChI=1S/C16H26N2O2/c1-5-16(3)13(10-14(16)20-6-2)18-11-12-7-8-17-15(9-12)19-4/h7-9,13-14,18H,5-6,10-11H2,1-4H3. The van der Waals surface area contributed by atoms with Gasteiger partial charge in [-0.15, -0.1) is 0 Å². The highest BCUT2D eigenvalue weighted by Crippen LogP contribution is 2.45. The second kappa shape index (κ2) is 6.55. The summed E-state index contributed by atoms with van der Waals surface area (Å²) in [7, 11) is 1.65. The number of pyridine rings is 1. The van der Waals surface area contributed by atoms with Crippen molar-refractivity contribution in [1.29, 1.82) is 0 Å². The normalized spacial score (nSPS) is 29.0. The second-order valence-electron chi connectivity index (χ2n) is 5.68. The van der Waals surface area contributed by atoms with Crippen LogP contribution in [0, 0.1) is 5.41 Å². The summed E-state index contributed by atoms with van der Waals surface area (Å²) in [5.74, 6) is 0.670. The highest BCUT2D eigenvalue weighted by Gasteiger charge is 2.50. The molecule has 1 aliphatic rings. The number of nitrogens with zero attached hydrogens (tertiary/aromatic N) is 1. The van der Waals surface area contributed by atoms with Gasteiger partial charge in [-0.25, -0.2) is 4.98 Å². The van der Waals surface area contributed by atoms with Gasteiger partial charge < -0.3 is 14.8 Å². The van der Waals surface area contributed by atoms with E-state index in [4.69, 9.17) is 9.47 Å². The summed E-state index contributed by atoms with van der Waals surface area (Å²) in [5, 5.41) is 3.65. The van der Waals surface area contributed by atoms with Crippen LogP contribution in [0.2, 0.25) is 0 Å². The van der Waals surface area contributed by atoms with E-state index in [-0.39, 0.29) is 5.41 Å². The molecule has 0 aliphatic heterocycles. The number of nitrogens with one attached hydrogen (secondary N) is 1. The summed E-state index contributed by atoms with van der Waals surface area (Å²) in [4.78, 5) is 4.13. The molecule has 1 aromatic rings. The molecule has 112 valence electrons. The molecule has 20 heavy (non-hydrogen) atoms. The molecule has 3 unspecified atom stereocenters. The molecule has 3 atom stereocenters. The average Bonchev–Trinajstić information content (AvgIpc) is 2.49. The fraction of sp³-hybridized carbons (Fsp3) is 0.688. The molecular weight excluding hydrogens is 252 g/mol. The van der Waals surface area contributed by atoms with Gasteiger partial charge in [0.2, 0.25) is 5.88 Å². The Morgan fingerprint density at radius 2 is 2.25 bits per heavy atom. The average molecular weight is 278 g/mol. The van der Waals surface area contributed by atoms with Crippen molar-refractivity contribution >= 4 is 0 Å². The lowest BCUT2D eigenvalue weighted by atomic mass is 9.61. The van der Waals surface area contributed by atoms with Crippen LogP contribution >= 0.6 is 0 Å². The minimum atomic E-state index is 0.243. The van der Waals surface area contributed by atoms with E-state index < -0.39 is 0 Å². The van der Waals surface area contributed by atoms with Crippen LogP contribution in [0.1, 0.15) is 39.2 Å². The first-order valence-electron chi connectivity index (χ1n) is 7.48. The van der Waals surface area contributed by atoms with Crippen LogP contribution in [0.15, 0.2) is 18.3 Å². The number of ether oxygens (including phenoxy) is 2. The van der Waals surface area contributed by atoms with Crippen molar-refractivity contribution in [3.63, 3.8) is 0 Å². The Kier molecular flexibility index (Phi) is 5.00. The van der Waals surface area contributed by atoms with Crippen LogP contribution in [0.3, 0.4) is 0 Å². The lowest BCUT2D eigenvalue weighted by Crippen LogP contribution is -2.61. The van der Waals surface area contributed by atoms with Gasteiger partial charge in [0, 0.05) is 36.9 Å². The SMILES string of the molecule is CCOC1CC(NCc2ccnc(OC)c2)C1(C)CC. The predicted molar refractivity (Wildman–Crippen MR) is 79.8 cm³/mol. The van der Waals surface area contributed by atoms with Gasteiger partial charge in [-0.3, -0.25) is 0 Å². The molecule has 2 rings (SSSR count). The summed E-state index contributed by atoms with van der Waals surface area (Å²) < 4.78 is 11.0. The number of rotatable bonds is 7. The molecule has 1 saturated carbocycles. The molecule has 4 heteroatoms. The Morgan fingerprint density at radius 3 is 2.90 bits per heavy atom. The minimum Gasteiger partial charge on any atom is -0.481 e. The summed E-state index contributed by atoms with van der Waals surface area (Å²) >= 11 is 0. The first-order chi connectivity index (χ1) is 9.63. The number of methoxy groups -OCH3 is 1. The lowest BCUT2D eigenvalue weighted by molar-refractivity contribution is -0.126. The van der Waals surface area contributed by atoms with Crippen molar-refractivity contribution in [3.8, 4) is 5.88 Å². The lowest BCUT2D eigenvalue weighted by Gasteiger charge is -2.53. The maximum absolute atomic E-state index is 5.83. The van der Waals surface area contributed by atoms with E-state index in [1.54, 1.807) is 13.3 Å². The highest BCUT2D eigenvalue weighted by atomic mass is 16.5. The monoisotopic (exact) mass is 278 g/mol. The van der Waals surface area contributed by atoms with Crippen LogP contribution in [0.5, 0.6) is 5.88 Å². The van der Waals surface area contributed by atoms with Gasteiger partial charge in [0.1, 0.15) is 0 Å². The maximum atomic E-state index is 5.83. The van der Waals surface area contributed by atoms with Gasteiger partial charge in [-0.2, -0.15) is 0 Å². The zero-order valence-electron chi connectivity index (χ0n) is 13.0. The second-order valence-corrected chi connectivity index (χ2v) is 5.68. The third-order valence-electron chi connectivity index (χ3n) is 4.67. The van der Waals surface area contributed by atoms with Crippen LogP contribution in [-0.4, -0.2) is 30.8 Å². The number of hydrogen-bond acceptors (Lipinski definition) is 4. The van der Waals surface area contributed by atoms with Crippen LogP contribution in [0.4, 0.5) is 0 Å². The Bertz CT molecular complexity index is 438. The Balaban J connectivity index is 1.91. The molecule has 1 heterocycles. The quantitative estimate of drug-likeness (QED) is 0.833. The Labute approximate surface area is 121 Å². The fourth-order valence-corrected chi connectivity index (χ4v) is 2.98. The largest absolute Gasteiger partial charge is 0.481 e. The first-order valence-corrected chi connectivity index (χ1v) is 7.48. The van der Waals surface area contributed by atoms with Gasteiger partial charge in [0.25, 0.3) is 0 Å². The zero-order chi connectivity index (χ0) is 14.6. The van der Waals surface area contributed by atoms with Crippen LogP contribution in [0.25, 0.3) is 0 Å². The molecule has 4 nitrogen and oxygen atoms in total. The molecule has 1 aromatic heterocycles. The van der Waals surface area contributed by atoms with Crippen LogP contribution in [-0.2, 0) is 11.3 Å². The molecule has 0 radical (unpaired) electrons. The van der Waals surface area contributed by atoms with E-state index in [9.17, 15) is 0 Å². The van der Waals surface area contributed by atoms with E-state index in [1.807, 2.05) is 12.1 Å². The first kappa shape index (κ1) is 15.3. The molecular formula is C16H26N2O2. The van der Waals surface area contributed by atoms with Gasteiger partial charge in [0.15, 0.2) is 0 Å². The number of aromatic nitrogens is 1. The van der Waals surface area contributed by atoms with E-state index in [0.29, 0.717) is 18.0 Å². The summed E-state index contributed by atoms with van der Waals surface area (Å²) in [6.07, 6.45) is 4.41. The number of hydrogen-bond donors (Lipinski definition) is 1.